The monoisotopic (exact) mass is 451 g/mol. The number of benzene rings is 1. The quantitative estimate of drug-likeness (QED) is 0.445. The van der Waals surface area contributed by atoms with Crippen LogP contribution >= 0.6 is 0 Å². The molecule has 1 saturated carbocycles. The molecular formula is C28H41N3O2. The zero-order valence-electron chi connectivity index (χ0n) is 20.7. The zero-order valence-corrected chi connectivity index (χ0v) is 20.7. The highest BCUT2D eigenvalue weighted by molar-refractivity contribution is 5.85. The summed E-state index contributed by atoms with van der Waals surface area (Å²) >= 11 is 0. The predicted octanol–water partition coefficient (Wildman–Crippen LogP) is 5.62. The van der Waals surface area contributed by atoms with Crippen molar-refractivity contribution in [1.82, 2.24) is 14.4 Å². The van der Waals surface area contributed by atoms with Crippen molar-refractivity contribution in [3.63, 3.8) is 0 Å². The van der Waals surface area contributed by atoms with E-state index in [0.717, 1.165) is 50.8 Å². The van der Waals surface area contributed by atoms with Crippen molar-refractivity contribution in [3.05, 3.63) is 59.9 Å². The van der Waals surface area contributed by atoms with Gasteiger partial charge in [0.25, 0.3) is 0 Å². The van der Waals surface area contributed by atoms with Gasteiger partial charge in [0.05, 0.1) is 6.54 Å². The van der Waals surface area contributed by atoms with Gasteiger partial charge in [0.1, 0.15) is 6.54 Å². The molecule has 1 aromatic heterocycles. The minimum absolute atomic E-state index is 0.0490. The van der Waals surface area contributed by atoms with E-state index >= 15 is 0 Å². The number of rotatable bonds is 11. The number of unbranched alkanes of at least 4 members (excludes halogenated alkanes) is 1. The molecule has 1 aliphatic rings. The summed E-state index contributed by atoms with van der Waals surface area (Å²) < 4.78 is 2.21. The highest BCUT2D eigenvalue weighted by Crippen LogP contribution is 2.24. The first-order valence-electron chi connectivity index (χ1n) is 12.8. The Morgan fingerprint density at radius 3 is 2.39 bits per heavy atom. The van der Waals surface area contributed by atoms with Crippen molar-refractivity contribution in [2.45, 2.75) is 97.3 Å². The molecule has 33 heavy (non-hydrogen) atoms. The molecule has 0 N–H and O–H groups in total. The molecule has 2 amide bonds. The Balaban J connectivity index is 1.72. The summed E-state index contributed by atoms with van der Waals surface area (Å²) in [7, 11) is 0. The average molecular weight is 452 g/mol. The third-order valence-corrected chi connectivity index (χ3v) is 6.78. The number of carbonyl (C=O) groups excluding carboxylic acids is 2. The first kappa shape index (κ1) is 25.1. The topological polar surface area (TPSA) is 45.6 Å². The highest BCUT2D eigenvalue weighted by Gasteiger charge is 2.29. The lowest BCUT2D eigenvalue weighted by atomic mass is 9.93. The van der Waals surface area contributed by atoms with Crippen LogP contribution in [0.3, 0.4) is 0 Å². The SMILES string of the molecule is CCCCC(=O)N(CC(=O)N(Cc1cccn1Cc1ccccc1)C(C)C)C1CCCCC1. The van der Waals surface area contributed by atoms with Crippen molar-refractivity contribution in [1.29, 1.82) is 0 Å². The summed E-state index contributed by atoms with van der Waals surface area (Å²) in [5.74, 6) is 0.196. The van der Waals surface area contributed by atoms with Crippen LogP contribution in [0.4, 0.5) is 0 Å². The predicted molar refractivity (Wildman–Crippen MR) is 134 cm³/mol. The lowest BCUT2D eigenvalue weighted by Gasteiger charge is -2.36. The number of nitrogens with zero attached hydrogens (tertiary/aromatic N) is 3. The van der Waals surface area contributed by atoms with Crippen LogP contribution in [0.5, 0.6) is 0 Å². The molecule has 180 valence electrons. The summed E-state index contributed by atoms with van der Waals surface area (Å²) in [5, 5.41) is 0. The van der Waals surface area contributed by atoms with Crippen LogP contribution in [-0.2, 0) is 22.7 Å². The van der Waals surface area contributed by atoms with Gasteiger partial charge in [0, 0.05) is 36.9 Å². The molecular weight excluding hydrogens is 410 g/mol. The Kier molecular flexibility index (Phi) is 9.59. The maximum Gasteiger partial charge on any atom is 0.242 e. The van der Waals surface area contributed by atoms with Gasteiger partial charge in [-0.05, 0) is 50.8 Å². The Hall–Kier alpha value is -2.56. The average Bonchev–Trinajstić information content (AvgIpc) is 3.26. The fourth-order valence-electron chi connectivity index (χ4n) is 4.78. The van der Waals surface area contributed by atoms with Gasteiger partial charge in [-0.1, -0.05) is 62.9 Å². The minimum atomic E-state index is 0.0490. The zero-order chi connectivity index (χ0) is 23.6. The van der Waals surface area contributed by atoms with E-state index in [0.29, 0.717) is 13.0 Å². The van der Waals surface area contributed by atoms with Crippen molar-refractivity contribution in [2.75, 3.05) is 6.54 Å². The molecule has 0 saturated heterocycles. The Labute approximate surface area is 199 Å². The first-order chi connectivity index (χ1) is 16.0. The lowest BCUT2D eigenvalue weighted by Crippen LogP contribution is -2.49. The van der Waals surface area contributed by atoms with Gasteiger partial charge >= 0.3 is 0 Å². The molecule has 0 aliphatic heterocycles. The van der Waals surface area contributed by atoms with E-state index in [1.54, 1.807) is 0 Å². The Morgan fingerprint density at radius 1 is 1.00 bits per heavy atom. The number of carbonyl (C=O) groups is 2. The number of hydrogen-bond donors (Lipinski definition) is 0. The van der Waals surface area contributed by atoms with E-state index in [2.05, 4.69) is 61.9 Å². The van der Waals surface area contributed by atoms with Crippen LogP contribution in [0.25, 0.3) is 0 Å². The summed E-state index contributed by atoms with van der Waals surface area (Å²) in [6.45, 7) is 7.77. The van der Waals surface area contributed by atoms with E-state index in [9.17, 15) is 9.59 Å². The number of hydrogen-bond acceptors (Lipinski definition) is 2. The van der Waals surface area contributed by atoms with Gasteiger partial charge in [-0.25, -0.2) is 0 Å². The summed E-state index contributed by atoms with van der Waals surface area (Å²) in [6, 6.07) is 14.8. The second-order valence-corrected chi connectivity index (χ2v) is 9.65. The minimum Gasteiger partial charge on any atom is -0.345 e. The third-order valence-electron chi connectivity index (χ3n) is 6.78. The molecule has 0 bridgehead atoms. The van der Waals surface area contributed by atoms with Gasteiger partial charge in [0.2, 0.25) is 11.8 Å². The molecule has 1 aliphatic carbocycles. The highest BCUT2D eigenvalue weighted by atomic mass is 16.2. The Bertz CT molecular complexity index is 868. The lowest BCUT2D eigenvalue weighted by molar-refractivity contribution is -0.144. The van der Waals surface area contributed by atoms with Crippen LogP contribution in [-0.4, -0.2) is 44.8 Å². The first-order valence-corrected chi connectivity index (χ1v) is 12.8. The van der Waals surface area contributed by atoms with Crippen LogP contribution in [0, 0.1) is 0 Å². The molecule has 0 unspecified atom stereocenters. The van der Waals surface area contributed by atoms with Crippen molar-refractivity contribution in [2.24, 2.45) is 0 Å². The third kappa shape index (κ3) is 7.21. The van der Waals surface area contributed by atoms with E-state index < -0.39 is 0 Å². The van der Waals surface area contributed by atoms with Gasteiger partial charge in [-0.2, -0.15) is 0 Å². The van der Waals surface area contributed by atoms with Crippen molar-refractivity contribution < 1.29 is 9.59 Å². The van der Waals surface area contributed by atoms with E-state index in [4.69, 9.17) is 0 Å². The molecule has 0 radical (unpaired) electrons. The molecule has 3 rings (SSSR count). The molecule has 1 heterocycles. The van der Waals surface area contributed by atoms with Gasteiger partial charge in [0.15, 0.2) is 0 Å². The van der Waals surface area contributed by atoms with E-state index in [1.165, 1.54) is 12.0 Å². The van der Waals surface area contributed by atoms with Crippen molar-refractivity contribution in [3.8, 4) is 0 Å². The molecule has 0 spiro atoms. The standard InChI is InChI=1S/C28H41N3O2/c1-4-5-18-27(32)31(25-15-10-7-11-16-25)22-28(33)30(23(2)3)21-26-17-12-19-29(26)20-24-13-8-6-9-14-24/h6,8-9,12-14,17,19,23,25H,4-5,7,10-11,15-16,18,20-22H2,1-3H3. The van der Waals surface area contributed by atoms with Crippen LogP contribution in [0.2, 0.25) is 0 Å². The van der Waals surface area contributed by atoms with E-state index in [-0.39, 0.29) is 30.4 Å². The largest absolute Gasteiger partial charge is 0.345 e. The number of amides is 2. The molecule has 1 aromatic carbocycles. The summed E-state index contributed by atoms with van der Waals surface area (Å²) in [6.07, 6.45) is 10.1. The summed E-state index contributed by atoms with van der Waals surface area (Å²) in [5.41, 5.74) is 2.35. The van der Waals surface area contributed by atoms with Gasteiger partial charge in [-0.15, -0.1) is 0 Å². The second kappa shape index (κ2) is 12.6. The fraction of sp³-hybridized carbons (Fsp3) is 0.571. The molecule has 5 heteroatoms. The fourth-order valence-corrected chi connectivity index (χ4v) is 4.78. The van der Waals surface area contributed by atoms with Crippen LogP contribution in [0.1, 0.15) is 83.4 Å². The smallest absolute Gasteiger partial charge is 0.242 e. The van der Waals surface area contributed by atoms with Crippen molar-refractivity contribution >= 4 is 11.8 Å². The number of aromatic nitrogens is 1. The van der Waals surface area contributed by atoms with Crippen LogP contribution in [0.15, 0.2) is 48.7 Å². The van der Waals surface area contributed by atoms with Gasteiger partial charge < -0.3 is 14.4 Å². The summed E-state index contributed by atoms with van der Waals surface area (Å²) in [4.78, 5) is 30.4. The molecule has 1 fully saturated rings. The van der Waals surface area contributed by atoms with E-state index in [1.807, 2.05) is 21.9 Å². The molecule has 2 aromatic rings. The van der Waals surface area contributed by atoms with Gasteiger partial charge in [-0.3, -0.25) is 9.59 Å². The maximum atomic E-state index is 13.5. The Morgan fingerprint density at radius 2 is 1.73 bits per heavy atom. The molecule has 0 atom stereocenters. The second-order valence-electron chi connectivity index (χ2n) is 9.65. The molecule has 5 nitrogen and oxygen atoms in total. The maximum absolute atomic E-state index is 13.5. The normalized spacial score (nSPS) is 14.4. The van der Waals surface area contributed by atoms with Crippen LogP contribution < -0.4 is 0 Å².